The molecule has 12 heteroatoms. The smallest absolute Gasteiger partial charge is 0.537 e. The Hall–Kier alpha value is -5.56. The zero-order valence-corrected chi connectivity index (χ0v) is 33.6. The quantitative estimate of drug-likeness (QED) is 0.0990. The highest BCUT2D eigenvalue weighted by atomic mass is 16.5. The number of rotatable bonds is 13. The number of hydrogen-bond donors (Lipinski definition) is 2. The minimum Gasteiger partial charge on any atom is -0.537 e. The van der Waals surface area contributed by atoms with Gasteiger partial charge in [-0.25, -0.2) is 0 Å². The molecule has 59 heavy (non-hydrogen) atoms. The summed E-state index contributed by atoms with van der Waals surface area (Å²) in [6, 6.07) is 32.1. The van der Waals surface area contributed by atoms with Gasteiger partial charge in [0.15, 0.2) is 0 Å². The van der Waals surface area contributed by atoms with Crippen LogP contribution in [0, 0.1) is 0 Å². The molecule has 4 heterocycles. The molecule has 1 radical (unpaired) electrons. The van der Waals surface area contributed by atoms with E-state index in [9.17, 15) is 19.2 Å². The summed E-state index contributed by atoms with van der Waals surface area (Å²) in [5.74, 6) is -0.794. The molecule has 1 unspecified atom stereocenters. The molecule has 8 rings (SSSR count). The first kappa shape index (κ1) is 40.2. The molecule has 2 N–H and O–H groups in total. The van der Waals surface area contributed by atoms with E-state index < -0.39 is 23.8 Å². The van der Waals surface area contributed by atoms with Crippen molar-refractivity contribution in [3.63, 3.8) is 0 Å². The Morgan fingerprint density at radius 2 is 1.37 bits per heavy atom. The molecule has 4 aliphatic rings. The Balaban J connectivity index is 0.813. The van der Waals surface area contributed by atoms with Crippen molar-refractivity contribution < 1.29 is 28.9 Å². The van der Waals surface area contributed by atoms with Gasteiger partial charge in [-0.2, -0.15) is 0 Å². The van der Waals surface area contributed by atoms with E-state index in [0.717, 1.165) is 94.2 Å². The van der Waals surface area contributed by atoms with Crippen molar-refractivity contribution in [1.29, 1.82) is 0 Å². The van der Waals surface area contributed by atoms with Gasteiger partial charge in [0.25, 0.3) is 11.8 Å². The summed E-state index contributed by atoms with van der Waals surface area (Å²) in [7, 11) is 0.708. The first-order valence-corrected chi connectivity index (χ1v) is 21.0. The molecular formula is C47H51BN5O6. The zero-order chi connectivity index (χ0) is 40.9. The van der Waals surface area contributed by atoms with Gasteiger partial charge in [-0.15, -0.1) is 0 Å². The predicted octanol–water partition coefficient (Wildman–Crippen LogP) is 5.75. The van der Waals surface area contributed by atoms with Gasteiger partial charge in [-0.3, -0.25) is 34.3 Å². The lowest BCUT2D eigenvalue weighted by Crippen LogP contribution is -2.54. The molecule has 4 aromatic rings. The fourth-order valence-electron chi connectivity index (χ4n) is 9.26. The normalized spacial score (nSPS) is 19.7. The van der Waals surface area contributed by atoms with Crippen molar-refractivity contribution in [3.8, 4) is 5.75 Å². The first-order chi connectivity index (χ1) is 28.8. The Morgan fingerprint density at radius 3 is 2.02 bits per heavy atom. The Bertz CT molecular complexity index is 2200. The van der Waals surface area contributed by atoms with Crippen molar-refractivity contribution in [3.05, 3.63) is 130 Å². The maximum Gasteiger partial charge on any atom is 0.569 e. The minimum atomic E-state index is -0.960. The monoisotopic (exact) mass is 792 g/mol. The fraction of sp³-hybridized carbons (Fsp3) is 0.362. The molecule has 0 spiro atoms. The highest BCUT2D eigenvalue weighted by Gasteiger charge is 2.44. The molecule has 4 aromatic carbocycles. The second-order valence-corrected chi connectivity index (χ2v) is 15.9. The molecular weight excluding hydrogens is 741 g/mol. The molecule has 0 saturated carbocycles. The summed E-state index contributed by atoms with van der Waals surface area (Å²) in [6.45, 7) is 10.0. The van der Waals surface area contributed by atoms with Crippen molar-refractivity contribution >= 4 is 48.1 Å². The highest BCUT2D eigenvalue weighted by Crippen LogP contribution is 2.37. The Labute approximate surface area is 346 Å². The van der Waals surface area contributed by atoms with Gasteiger partial charge in [0.2, 0.25) is 11.8 Å². The molecule has 0 aliphatic carbocycles. The summed E-state index contributed by atoms with van der Waals surface area (Å²) in [6.07, 6.45) is 4.55. The molecule has 3 saturated heterocycles. The number of carbonyl (C=O) groups excluding carboxylic acids is 4. The number of nitrogens with zero attached hydrogens (tertiary/aromatic N) is 4. The number of allylic oxidation sites excluding steroid dienone is 1. The summed E-state index contributed by atoms with van der Waals surface area (Å²) in [5, 5.41) is 11.4. The molecule has 3 fully saturated rings. The number of likely N-dealkylation sites (tertiary alicyclic amines) is 1. The van der Waals surface area contributed by atoms with Gasteiger partial charge in [0.1, 0.15) is 11.8 Å². The van der Waals surface area contributed by atoms with E-state index in [2.05, 4.69) is 93.7 Å². The van der Waals surface area contributed by atoms with Crippen LogP contribution in [0.3, 0.4) is 0 Å². The van der Waals surface area contributed by atoms with Gasteiger partial charge in [-0.05, 0) is 128 Å². The van der Waals surface area contributed by atoms with E-state index in [4.69, 9.17) is 9.68 Å². The third-order valence-corrected chi connectivity index (χ3v) is 12.5. The van der Waals surface area contributed by atoms with E-state index >= 15 is 0 Å². The fourth-order valence-corrected chi connectivity index (χ4v) is 9.26. The van der Waals surface area contributed by atoms with E-state index in [-0.39, 0.29) is 18.7 Å². The largest absolute Gasteiger partial charge is 0.569 e. The number of piperidine rings is 2. The number of benzene rings is 4. The second kappa shape index (κ2) is 18.2. The summed E-state index contributed by atoms with van der Waals surface area (Å²) < 4.78 is 5.19. The molecule has 11 nitrogen and oxygen atoms in total. The van der Waals surface area contributed by atoms with Gasteiger partial charge < -0.3 is 19.5 Å². The number of anilines is 1. The topological polar surface area (TPSA) is 123 Å². The molecule has 303 valence electrons. The van der Waals surface area contributed by atoms with E-state index in [1.165, 1.54) is 27.8 Å². The molecule has 4 aliphatic heterocycles. The maximum absolute atomic E-state index is 13.3. The lowest BCUT2D eigenvalue weighted by molar-refractivity contribution is -0.136. The summed E-state index contributed by atoms with van der Waals surface area (Å²) in [5.41, 5.74) is 8.94. The van der Waals surface area contributed by atoms with Crippen molar-refractivity contribution in [2.75, 3.05) is 57.3 Å². The van der Waals surface area contributed by atoms with Crippen molar-refractivity contribution in [2.45, 2.75) is 57.4 Å². The highest BCUT2D eigenvalue weighted by molar-refractivity contribution is 6.23. The van der Waals surface area contributed by atoms with E-state index in [0.29, 0.717) is 30.5 Å². The average Bonchev–Trinajstić information content (AvgIpc) is 3.52. The number of carbonyl (C=O) groups is 4. The minimum absolute atomic E-state index is 0.102. The first-order valence-electron chi connectivity index (χ1n) is 21.0. The van der Waals surface area contributed by atoms with Crippen LogP contribution in [0.15, 0.2) is 97.1 Å². The van der Waals surface area contributed by atoms with Crippen LogP contribution < -0.4 is 14.9 Å². The summed E-state index contributed by atoms with van der Waals surface area (Å²) >= 11 is 0. The number of nitrogens with one attached hydrogen (secondary N) is 1. The van der Waals surface area contributed by atoms with Gasteiger partial charge in [-0.1, -0.05) is 73.7 Å². The van der Waals surface area contributed by atoms with Gasteiger partial charge >= 0.3 is 7.69 Å². The molecule has 1 atom stereocenters. The number of piperazine rings is 1. The third-order valence-electron chi connectivity index (χ3n) is 12.5. The number of amides is 4. The van der Waals surface area contributed by atoms with Gasteiger partial charge in [0, 0.05) is 38.3 Å². The van der Waals surface area contributed by atoms with Crippen molar-refractivity contribution in [2.24, 2.45) is 0 Å². The molecule has 4 amide bonds. The van der Waals surface area contributed by atoms with Crippen LogP contribution in [-0.2, 0) is 9.59 Å². The molecule has 0 bridgehead atoms. The van der Waals surface area contributed by atoms with Gasteiger partial charge in [0.05, 0.1) is 11.1 Å². The van der Waals surface area contributed by atoms with Crippen LogP contribution in [0.25, 0.3) is 11.1 Å². The number of hydrogen-bond acceptors (Lipinski definition) is 9. The zero-order valence-electron chi connectivity index (χ0n) is 33.6. The maximum atomic E-state index is 13.3. The average molecular weight is 793 g/mol. The Kier molecular flexibility index (Phi) is 12.4. The van der Waals surface area contributed by atoms with Crippen LogP contribution in [0.5, 0.6) is 5.75 Å². The Morgan fingerprint density at radius 1 is 0.729 bits per heavy atom. The standard InChI is InChI=1S/C47H51BN5O6/c1-2-39(34-7-4-3-5-8-34)44(36-13-16-38(17-14-36)59-48-58)35-11-9-32(10-12-35)33-21-25-50(26-22-33)23-6-24-51-27-29-52(30-28-51)37-15-18-40-41(31-37)47(57)53(46(40)56)42-19-20-43(54)49-45(42)55/h3-5,7-18,31,33,42,58H,2,6,19-30H2,1H3,(H,49,54,55)/b44-39+. The van der Waals surface area contributed by atoms with Crippen LogP contribution in [0.1, 0.15) is 94.3 Å². The van der Waals surface area contributed by atoms with Crippen LogP contribution in [0.4, 0.5) is 5.69 Å². The van der Waals surface area contributed by atoms with Crippen LogP contribution in [0.2, 0.25) is 0 Å². The lowest BCUT2D eigenvalue weighted by Gasteiger charge is -2.37. The SMILES string of the molecule is CC/C(=C(\c1ccc(O[B]O)cc1)c1ccc(C2CCN(CCCN3CCN(c4ccc5c(c4)C(=O)N(C4CCC(=O)NC4=O)C5=O)CC3)CC2)cc1)c1ccccc1. The lowest BCUT2D eigenvalue weighted by atomic mass is 9.85. The van der Waals surface area contributed by atoms with Crippen molar-refractivity contribution in [1.82, 2.24) is 20.0 Å². The summed E-state index contributed by atoms with van der Waals surface area (Å²) in [4.78, 5) is 58.9. The number of imide groups is 2. The third kappa shape index (κ3) is 8.76. The molecule has 0 aromatic heterocycles. The van der Waals surface area contributed by atoms with Crippen LogP contribution >= 0.6 is 0 Å². The second-order valence-electron chi connectivity index (χ2n) is 15.9. The van der Waals surface area contributed by atoms with E-state index in [1.54, 1.807) is 12.1 Å². The number of fused-ring (bicyclic) bond motifs is 1. The predicted molar refractivity (Wildman–Crippen MR) is 229 cm³/mol. The van der Waals surface area contributed by atoms with E-state index in [1.807, 2.05) is 18.2 Å². The van der Waals surface area contributed by atoms with Crippen LogP contribution in [-0.4, -0.2) is 109 Å².